The Morgan fingerprint density at radius 3 is 1.23 bits per heavy atom. The third-order valence-corrected chi connectivity index (χ3v) is 1.74. The average molecular weight is 307 g/mol. The fourth-order valence-electron chi connectivity index (χ4n) is 0.881. The van der Waals surface area contributed by atoms with Gasteiger partial charge in [-0.05, 0) is 24.3 Å². The lowest BCUT2D eigenvalue weighted by Gasteiger charge is -1.83. The molecule has 118 valence electrons. The first-order valence-corrected chi connectivity index (χ1v) is 5.73. The first-order chi connectivity index (χ1) is 10.4. The van der Waals surface area contributed by atoms with Gasteiger partial charge in [-0.1, -0.05) is 36.4 Å². The molecule has 2 rings (SSSR count). The molecule has 0 spiro atoms. The molecule has 0 aromatic heterocycles. The zero-order valence-corrected chi connectivity index (χ0v) is 11.6. The molecule has 0 aliphatic carbocycles. The summed E-state index contributed by atoms with van der Waals surface area (Å²) < 4.78 is 0. The van der Waals surface area contributed by atoms with Crippen molar-refractivity contribution in [1.82, 2.24) is 0 Å². The molecule has 22 heavy (non-hydrogen) atoms. The van der Waals surface area contributed by atoms with Crippen LogP contribution in [0.4, 0.5) is 5.69 Å². The molecule has 0 amide bonds. The predicted octanol–water partition coefficient (Wildman–Crippen LogP) is 1.63. The number of carbonyl (C=O) groups is 3. The van der Waals surface area contributed by atoms with Gasteiger partial charge in [-0.3, -0.25) is 0 Å². The van der Waals surface area contributed by atoms with Crippen LogP contribution in [0.5, 0.6) is 5.75 Å². The summed E-state index contributed by atoms with van der Waals surface area (Å²) in [6.07, 6.45) is 0. The fraction of sp³-hybridized carbons (Fsp3) is 0. The van der Waals surface area contributed by atoms with Gasteiger partial charge in [0.1, 0.15) is 12.5 Å². The van der Waals surface area contributed by atoms with Crippen molar-refractivity contribution in [3.63, 3.8) is 0 Å². The van der Waals surface area contributed by atoms with E-state index >= 15 is 0 Å². The number of carboxylic acids is 2. The standard InChI is InChI=1S/C6H7N.C6H6O.C2H2O4.CH2O/c2*7-6-4-2-1-3-5-6;3-1(4)2(5)6;1-2/h1-5H,7H2;1-5,7H;(H,3,4)(H,5,6);1H2. The number of para-hydroxylation sites is 2. The van der Waals surface area contributed by atoms with Crippen LogP contribution in [0.3, 0.4) is 0 Å². The van der Waals surface area contributed by atoms with Crippen LogP contribution in [0.2, 0.25) is 0 Å². The molecular weight excluding hydrogens is 290 g/mol. The highest BCUT2D eigenvalue weighted by Crippen LogP contribution is 2.02. The maximum Gasteiger partial charge on any atom is 0.414 e. The lowest BCUT2D eigenvalue weighted by molar-refractivity contribution is -0.159. The summed E-state index contributed by atoms with van der Waals surface area (Å²) >= 11 is 0. The van der Waals surface area contributed by atoms with Gasteiger partial charge in [0.25, 0.3) is 0 Å². The molecule has 0 saturated heterocycles. The third kappa shape index (κ3) is 14.7. The lowest BCUT2D eigenvalue weighted by atomic mass is 10.3. The maximum absolute atomic E-state index is 9.10. The second-order valence-corrected chi connectivity index (χ2v) is 3.36. The van der Waals surface area contributed by atoms with Gasteiger partial charge in [-0.2, -0.15) is 0 Å². The average Bonchev–Trinajstić information content (AvgIpc) is 2.52. The van der Waals surface area contributed by atoms with Gasteiger partial charge in [0.05, 0.1) is 0 Å². The normalized spacial score (nSPS) is 7.64. The van der Waals surface area contributed by atoms with Crippen molar-refractivity contribution in [2.24, 2.45) is 0 Å². The smallest absolute Gasteiger partial charge is 0.414 e. The van der Waals surface area contributed by atoms with Crippen LogP contribution >= 0.6 is 0 Å². The van der Waals surface area contributed by atoms with Crippen LogP contribution in [0.25, 0.3) is 0 Å². The molecular formula is C15H17NO6. The Morgan fingerprint density at radius 2 is 1.09 bits per heavy atom. The number of benzene rings is 2. The molecule has 2 aromatic rings. The van der Waals surface area contributed by atoms with Crippen LogP contribution in [0, 0.1) is 0 Å². The van der Waals surface area contributed by atoms with Gasteiger partial charge in [0, 0.05) is 5.69 Å². The first kappa shape index (κ1) is 21.0. The zero-order valence-electron chi connectivity index (χ0n) is 11.6. The SMILES string of the molecule is C=O.Nc1ccccc1.O=C(O)C(=O)O.Oc1ccccc1. The number of carbonyl (C=O) groups excluding carboxylic acids is 1. The van der Waals surface area contributed by atoms with E-state index in [0.717, 1.165) is 5.69 Å². The van der Waals surface area contributed by atoms with E-state index in [2.05, 4.69) is 0 Å². The highest BCUT2D eigenvalue weighted by Gasteiger charge is 2.04. The molecule has 0 bridgehead atoms. The molecule has 7 heteroatoms. The minimum Gasteiger partial charge on any atom is -0.508 e. The fourth-order valence-corrected chi connectivity index (χ4v) is 0.881. The van der Waals surface area contributed by atoms with Crippen molar-refractivity contribution in [2.75, 3.05) is 5.73 Å². The van der Waals surface area contributed by atoms with Gasteiger partial charge in [0.2, 0.25) is 0 Å². The second-order valence-electron chi connectivity index (χ2n) is 3.36. The Kier molecular flexibility index (Phi) is 13.4. The van der Waals surface area contributed by atoms with Crippen LogP contribution in [0.1, 0.15) is 0 Å². The Bertz CT molecular complexity index is 481. The quantitative estimate of drug-likeness (QED) is 0.428. The Hall–Kier alpha value is -3.35. The summed E-state index contributed by atoms with van der Waals surface area (Å²) in [5.41, 5.74) is 6.18. The van der Waals surface area contributed by atoms with Crippen molar-refractivity contribution in [1.29, 1.82) is 0 Å². The van der Waals surface area contributed by atoms with Crippen molar-refractivity contribution < 1.29 is 29.7 Å². The van der Waals surface area contributed by atoms with Crippen molar-refractivity contribution in [3.8, 4) is 5.75 Å². The van der Waals surface area contributed by atoms with Crippen molar-refractivity contribution in [3.05, 3.63) is 60.7 Å². The molecule has 0 heterocycles. The van der Waals surface area contributed by atoms with E-state index in [-0.39, 0.29) is 0 Å². The molecule has 0 unspecified atom stereocenters. The highest BCUT2D eigenvalue weighted by molar-refractivity contribution is 6.27. The maximum atomic E-state index is 9.10. The van der Waals surface area contributed by atoms with E-state index in [0.29, 0.717) is 5.75 Å². The number of nitrogens with two attached hydrogens (primary N) is 1. The Morgan fingerprint density at radius 1 is 0.773 bits per heavy atom. The molecule has 7 nitrogen and oxygen atoms in total. The number of hydrogen-bond acceptors (Lipinski definition) is 5. The molecule has 0 radical (unpaired) electrons. The molecule has 0 fully saturated rings. The van der Waals surface area contributed by atoms with Crippen molar-refractivity contribution in [2.45, 2.75) is 0 Å². The predicted molar refractivity (Wildman–Crippen MR) is 81.4 cm³/mol. The van der Waals surface area contributed by atoms with E-state index in [1.165, 1.54) is 0 Å². The Labute approximate surface area is 127 Å². The number of phenolic OH excluding ortho intramolecular Hbond substituents is 1. The van der Waals surface area contributed by atoms with Crippen LogP contribution < -0.4 is 5.73 Å². The summed E-state index contributed by atoms with van der Waals surface area (Å²) in [5.74, 6) is -3.33. The molecule has 0 aliphatic rings. The van der Waals surface area contributed by atoms with Gasteiger partial charge in [-0.25, -0.2) is 9.59 Å². The number of aliphatic carboxylic acids is 2. The number of phenols is 1. The largest absolute Gasteiger partial charge is 0.508 e. The zero-order chi connectivity index (χ0) is 17.4. The van der Waals surface area contributed by atoms with E-state index in [1.54, 1.807) is 24.3 Å². The van der Waals surface area contributed by atoms with Gasteiger partial charge < -0.3 is 25.8 Å². The van der Waals surface area contributed by atoms with Crippen LogP contribution in [0.15, 0.2) is 60.7 Å². The van der Waals surface area contributed by atoms with Crippen molar-refractivity contribution >= 4 is 24.4 Å². The van der Waals surface area contributed by atoms with Gasteiger partial charge >= 0.3 is 11.9 Å². The molecule has 0 atom stereocenters. The number of aromatic hydroxyl groups is 1. The monoisotopic (exact) mass is 307 g/mol. The molecule has 0 aliphatic heterocycles. The summed E-state index contributed by atoms with van der Waals surface area (Å²) in [4.78, 5) is 26.2. The molecule has 2 aromatic carbocycles. The lowest BCUT2D eigenvalue weighted by Crippen LogP contribution is -2.09. The highest BCUT2D eigenvalue weighted by atomic mass is 16.4. The minimum atomic E-state index is -1.82. The number of hydrogen-bond donors (Lipinski definition) is 4. The van der Waals surface area contributed by atoms with Gasteiger partial charge in [0.15, 0.2) is 0 Å². The van der Waals surface area contributed by atoms with E-state index in [1.807, 2.05) is 43.2 Å². The summed E-state index contributed by atoms with van der Waals surface area (Å²) in [5, 5.41) is 23.4. The second kappa shape index (κ2) is 14.1. The summed E-state index contributed by atoms with van der Waals surface area (Å²) in [7, 11) is 0. The molecule has 0 saturated carbocycles. The Balaban J connectivity index is 0. The van der Waals surface area contributed by atoms with Crippen LogP contribution in [-0.2, 0) is 14.4 Å². The van der Waals surface area contributed by atoms with E-state index < -0.39 is 11.9 Å². The minimum absolute atomic E-state index is 0.322. The number of rotatable bonds is 0. The number of carboxylic acid groups (broad SMARTS) is 2. The first-order valence-electron chi connectivity index (χ1n) is 5.73. The van der Waals surface area contributed by atoms with Gasteiger partial charge in [-0.15, -0.1) is 0 Å². The van der Waals surface area contributed by atoms with E-state index in [4.69, 9.17) is 35.4 Å². The third-order valence-electron chi connectivity index (χ3n) is 1.74. The number of nitrogen functional groups attached to an aromatic ring is 1. The summed E-state index contributed by atoms with van der Waals surface area (Å²) in [6.45, 7) is 2.00. The topological polar surface area (TPSA) is 138 Å². The number of anilines is 1. The molecule has 5 N–H and O–H groups in total. The summed E-state index contributed by atoms with van der Waals surface area (Å²) in [6, 6.07) is 18.2. The van der Waals surface area contributed by atoms with E-state index in [9.17, 15) is 0 Å². The van der Waals surface area contributed by atoms with Crippen LogP contribution in [-0.4, -0.2) is 34.0 Å².